The molecule has 8 aromatic carbocycles. The van der Waals surface area contributed by atoms with Crippen LogP contribution in [0.3, 0.4) is 0 Å². The summed E-state index contributed by atoms with van der Waals surface area (Å²) >= 11 is 0. The quantitative estimate of drug-likeness (QED) is 0.195. The predicted molar refractivity (Wildman–Crippen MR) is 202 cm³/mol. The molecule has 2 nitrogen and oxygen atoms in total. The fourth-order valence-electron chi connectivity index (χ4n) is 8.94. The van der Waals surface area contributed by atoms with E-state index in [1.54, 1.807) is 0 Å². The van der Waals surface area contributed by atoms with Crippen molar-refractivity contribution in [2.75, 3.05) is 4.90 Å². The number of rotatable bonds is 3. The van der Waals surface area contributed by atoms with Crippen LogP contribution in [-0.4, -0.2) is 0 Å². The molecule has 0 radical (unpaired) electrons. The van der Waals surface area contributed by atoms with Gasteiger partial charge in [0.15, 0.2) is 0 Å². The number of nitrogens with zero attached hydrogens (tertiary/aromatic N) is 1. The van der Waals surface area contributed by atoms with Crippen LogP contribution in [0.25, 0.3) is 55.0 Å². The fraction of sp³-hybridized carbons (Fsp3) is 0.0213. The van der Waals surface area contributed by atoms with E-state index < -0.39 is 5.41 Å². The highest BCUT2D eigenvalue weighted by atomic mass is 16.3. The van der Waals surface area contributed by atoms with Gasteiger partial charge in [-0.05, 0) is 80.7 Å². The molecule has 9 aromatic rings. The van der Waals surface area contributed by atoms with Gasteiger partial charge in [-0.3, -0.25) is 0 Å². The second-order valence-corrected chi connectivity index (χ2v) is 13.2. The Bertz CT molecular complexity index is 2790. The fourth-order valence-corrected chi connectivity index (χ4v) is 8.94. The largest absolute Gasteiger partial charge is 0.455 e. The van der Waals surface area contributed by atoms with Gasteiger partial charge in [0.2, 0.25) is 0 Å². The van der Waals surface area contributed by atoms with Crippen LogP contribution >= 0.6 is 0 Å². The molecule has 0 N–H and O–H groups in total. The Morgan fingerprint density at radius 2 is 1.08 bits per heavy atom. The average molecular weight is 624 g/mol. The van der Waals surface area contributed by atoms with E-state index in [2.05, 4.69) is 181 Å². The molecule has 11 rings (SSSR count). The Morgan fingerprint density at radius 3 is 1.96 bits per heavy atom. The summed E-state index contributed by atoms with van der Waals surface area (Å²) in [6.07, 6.45) is 0. The molecular formula is C47H29NO. The minimum Gasteiger partial charge on any atom is -0.455 e. The smallest absolute Gasteiger partial charge is 0.143 e. The average Bonchev–Trinajstić information content (AvgIpc) is 3.79. The van der Waals surface area contributed by atoms with Gasteiger partial charge in [-0.1, -0.05) is 140 Å². The van der Waals surface area contributed by atoms with Crippen molar-refractivity contribution in [3.05, 3.63) is 198 Å². The Morgan fingerprint density at radius 1 is 0.408 bits per heavy atom. The van der Waals surface area contributed by atoms with Crippen LogP contribution in [0.5, 0.6) is 0 Å². The molecule has 1 unspecified atom stereocenters. The highest BCUT2D eigenvalue weighted by molar-refractivity contribution is 6.13. The second-order valence-electron chi connectivity index (χ2n) is 13.2. The maximum absolute atomic E-state index is 6.74. The molecule has 0 fully saturated rings. The van der Waals surface area contributed by atoms with Crippen molar-refractivity contribution in [2.45, 2.75) is 5.41 Å². The van der Waals surface area contributed by atoms with E-state index in [0.29, 0.717) is 0 Å². The van der Waals surface area contributed by atoms with Crippen LogP contribution < -0.4 is 4.90 Å². The Labute approximate surface area is 284 Å². The highest BCUT2D eigenvalue weighted by Crippen LogP contribution is 2.64. The first-order valence-corrected chi connectivity index (χ1v) is 16.9. The summed E-state index contributed by atoms with van der Waals surface area (Å²) in [5, 5.41) is 4.75. The van der Waals surface area contributed by atoms with Crippen molar-refractivity contribution < 1.29 is 4.42 Å². The summed E-state index contributed by atoms with van der Waals surface area (Å²) < 4.78 is 6.74. The van der Waals surface area contributed by atoms with Crippen molar-refractivity contribution >= 4 is 49.8 Å². The van der Waals surface area contributed by atoms with Gasteiger partial charge in [0, 0.05) is 33.1 Å². The normalized spacial score (nSPS) is 15.4. The summed E-state index contributed by atoms with van der Waals surface area (Å²) in [7, 11) is 0. The third-order valence-corrected chi connectivity index (χ3v) is 10.9. The molecule has 0 saturated heterocycles. The minimum absolute atomic E-state index is 0.498. The zero-order valence-electron chi connectivity index (χ0n) is 26.6. The molecule has 0 saturated carbocycles. The topological polar surface area (TPSA) is 16.4 Å². The molecule has 2 heteroatoms. The lowest BCUT2D eigenvalue weighted by molar-refractivity contribution is 0.669. The maximum Gasteiger partial charge on any atom is 0.143 e. The Balaban J connectivity index is 1.24. The van der Waals surface area contributed by atoms with Gasteiger partial charge in [0.25, 0.3) is 0 Å². The van der Waals surface area contributed by atoms with Gasteiger partial charge in [-0.25, -0.2) is 0 Å². The first-order chi connectivity index (χ1) is 24.3. The van der Waals surface area contributed by atoms with Gasteiger partial charge in [-0.2, -0.15) is 0 Å². The summed E-state index contributed by atoms with van der Waals surface area (Å²) in [6, 6.07) is 64.2. The molecule has 0 aliphatic heterocycles. The summed E-state index contributed by atoms with van der Waals surface area (Å²) in [6.45, 7) is 0. The lowest BCUT2D eigenvalue weighted by Crippen LogP contribution is -2.26. The third kappa shape index (κ3) is 3.45. The molecule has 2 aliphatic carbocycles. The predicted octanol–water partition coefficient (Wildman–Crippen LogP) is 12.6. The molecule has 0 bridgehead atoms. The monoisotopic (exact) mass is 623 g/mol. The van der Waals surface area contributed by atoms with Gasteiger partial charge < -0.3 is 9.32 Å². The zero-order valence-corrected chi connectivity index (χ0v) is 26.6. The lowest BCUT2D eigenvalue weighted by atomic mass is 9.70. The van der Waals surface area contributed by atoms with Crippen molar-refractivity contribution in [2.24, 2.45) is 0 Å². The lowest BCUT2D eigenvalue weighted by Gasteiger charge is -2.32. The maximum atomic E-state index is 6.74. The molecule has 228 valence electrons. The van der Waals surface area contributed by atoms with Crippen LogP contribution in [0.1, 0.15) is 22.3 Å². The SMILES string of the molecule is c1ccc(N(c2ccc3c(c2)C2(c4ccccc4-3)c3ccccc3-c3c2ccc2c3oc3ccccc32)c2cccc3ccccc23)cc1. The summed E-state index contributed by atoms with van der Waals surface area (Å²) in [5.74, 6) is 0. The number of hydrogen-bond donors (Lipinski definition) is 0. The molecule has 1 aromatic heterocycles. The zero-order chi connectivity index (χ0) is 32.1. The molecule has 1 atom stereocenters. The van der Waals surface area contributed by atoms with Crippen molar-refractivity contribution in [3.63, 3.8) is 0 Å². The first-order valence-electron chi connectivity index (χ1n) is 16.9. The van der Waals surface area contributed by atoms with Crippen LogP contribution in [-0.2, 0) is 5.41 Å². The molecule has 1 spiro atoms. The number of para-hydroxylation sites is 2. The van der Waals surface area contributed by atoms with Gasteiger partial charge in [0.1, 0.15) is 11.2 Å². The van der Waals surface area contributed by atoms with Crippen molar-refractivity contribution in [1.29, 1.82) is 0 Å². The van der Waals surface area contributed by atoms with E-state index in [0.717, 1.165) is 39.0 Å². The first kappa shape index (κ1) is 26.7. The van der Waals surface area contributed by atoms with E-state index in [4.69, 9.17) is 4.42 Å². The second kappa shape index (κ2) is 9.82. The van der Waals surface area contributed by atoms with E-state index in [9.17, 15) is 0 Å². The Kier molecular flexibility index (Phi) is 5.34. The van der Waals surface area contributed by atoms with Gasteiger partial charge >= 0.3 is 0 Å². The number of anilines is 3. The van der Waals surface area contributed by atoms with E-state index in [-0.39, 0.29) is 0 Å². The molecule has 2 aliphatic rings. The van der Waals surface area contributed by atoms with E-state index >= 15 is 0 Å². The number of fused-ring (bicyclic) bond motifs is 15. The standard InChI is InChI=1S/C47H29NO/c1-2-15-31(16-3-1)48(43-23-12-14-30-13-4-5-17-33(30)43)32-25-26-35-34-18-6-9-21-39(34)47(42(35)29-32)40-22-10-7-20-38(40)45-41(47)28-27-37-36-19-8-11-24-44(36)49-46(37)45/h1-29H. The minimum atomic E-state index is -0.498. The van der Waals surface area contributed by atoms with Crippen LogP contribution in [0.15, 0.2) is 180 Å². The molecule has 1 heterocycles. The highest BCUT2D eigenvalue weighted by Gasteiger charge is 2.52. The van der Waals surface area contributed by atoms with Crippen LogP contribution in [0, 0.1) is 0 Å². The van der Waals surface area contributed by atoms with Gasteiger partial charge in [-0.15, -0.1) is 0 Å². The summed E-state index contributed by atoms with van der Waals surface area (Å²) in [4.78, 5) is 2.42. The van der Waals surface area contributed by atoms with Crippen LogP contribution in [0.4, 0.5) is 17.1 Å². The molecular weight excluding hydrogens is 595 g/mol. The Hall–Kier alpha value is -6.38. The van der Waals surface area contributed by atoms with E-state index in [1.165, 1.54) is 55.3 Å². The molecule has 0 amide bonds. The number of hydrogen-bond acceptors (Lipinski definition) is 2. The van der Waals surface area contributed by atoms with Crippen molar-refractivity contribution in [3.8, 4) is 22.3 Å². The van der Waals surface area contributed by atoms with E-state index in [1.807, 2.05) is 0 Å². The van der Waals surface area contributed by atoms with Gasteiger partial charge in [0.05, 0.1) is 11.1 Å². The van der Waals surface area contributed by atoms with Crippen molar-refractivity contribution in [1.82, 2.24) is 0 Å². The third-order valence-electron chi connectivity index (χ3n) is 10.9. The van der Waals surface area contributed by atoms with Crippen LogP contribution in [0.2, 0.25) is 0 Å². The number of furan rings is 1. The number of benzene rings is 8. The molecule has 49 heavy (non-hydrogen) atoms. The summed E-state index contributed by atoms with van der Waals surface area (Å²) in [5.41, 5.74) is 15.0.